The highest BCUT2D eigenvalue weighted by molar-refractivity contribution is 6.35. The lowest BCUT2D eigenvalue weighted by Crippen LogP contribution is -2.31. The van der Waals surface area contributed by atoms with Gasteiger partial charge in [0.05, 0.1) is 17.7 Å². The maximum atomic E-state index is 11.6. The Kier molecular flexibility index (Phi) is 3.91. The largest absolute Gasteiger partial charge is 0.350 e. The minimum absolute atomic E-state index is 0.0214. The maximum absolute atomic E-state index is 11.6. The molecule has 1 aromatic carbocycles. The molecule has 0 fully saturated rings. The summed E-state index contributed by atoms with van der Waals surface area (Å²) in [4.78, 5) is 34.6. The van der Waals surface area contributed by atoms with Gasteiger partial charge in [-0.25, -0.2) is 4.79 Å². The van der Waals surface area contributed by atoms with E-state index in [1.54, 1.807) is 12.1 Å². The van der Waals surface area contributed by atoms with Gasteiger partial charge in [-0.3, -0.25) is 24.5 Å². The van der Waals surface area contributed by atoms with Crippen molar-refractivity contribution in [3.8, 4) is 0 Å². The molecule has 0 aliphatic carbocycles. The van der Waals surface area contributed by atoms with Gasteiger partial charge in [-0.15, -0.1) is 0 Å². The molecule has 0 saturated carbocycles. The van der Waals surface area contributed by atoms with E-state index in [1.165, 1.54) is 6.07 Å². The van der Waals surface area contributed by atoms with Crippen molar-refractivity contribution in [3.63, 3.8) is 0 Å². The molecule has 1 heterocycles. The summed E-state index contributed by atoms with van der Waals surface area (Å²) >= 11 is 11.7. The number of nitrogens with zero attached hydrogens (tertiary/aromatic N) is 2. The molecule has 2 rings (SSSR count). The zero-order chi connectivity index (χ0) is 14.9. The second-order valence-electron chi connectivity index (χ2n) is 3.89. The molecule has 0 radical (unpaired) electrons. The van der Waals surface area contributed by atoms with Crippen LogP contribution in [0.15, 0.2) is 34.0 Å². The van der Waals surface area contributed by atoms with Crippen LogP contribution in [-0.4, -0.2) is 14.5 Å². The SMILES string of the molecule is O=c1[nH]c(=O)n(Cc2ccc(Cl)cc2Cl)cc1[N+](=O)[O-]. The van der Waals surface area contributed by atoms with Crippen LogP contribution in [0.2, 0.25) is 10.0 Å². The van der Waals surface area contributed by atoms with Gasteiger partial charge in [0.1, 0.15) is 0 Å². The Morgan fingerprint density at radius 1 is 1.30 bits per heavy atom. The molecule has 104 valence electrons. The van der Waals surface area contributed by atoms with Crippen LogP contribution in [0.1, 0.15) is 5.56 Å². The van der Waals surface area contributed by atoms with Crippen molar-refractivity contribution in [3.05, 3.63) is 71.0 Å². The predicted molar refractivity (Wildman–Crippen MR) is 73.5 cm³/mol. The summed E-state index contributed by atoms with van der Waals surface area (Å²) in [6.45, 7) is -0.0214. The Labute approximate surface area is 121 Å². The third kappa shape index (κ3) is 2.89. The molecule has 0 unspecified atom stereocenters. The molecule has 2 aromatic rings. The summed E-state index contributed by atoms with van der Waals surface area (Å²) < 4.78 is 0.995. The highest BCUT2D eigenvalue weighted by Gasteiger charge is 2.15. The quantitative estimate of drug-likeness (QED) is 0.689. The van der Waals surface area contributed by atoms with Crippen LogP contribution in [0, 0.1) is 10.1 Å². The Hall–Kier alpha value is -2.12. The van der Waals surface area contributed by atoms with E-state index in [2.05, 4.69) is 0 Å². The first-order chi connectivity index (χ1) is 9.38. The highest BCUT2D eigenvalue weighted by Crippen LogP contribution is 2.21. The Morgan fingerprint density at radius 3 is 2.60 bits per heavy atom. The molecule has 0 aliphatic rings. The normalized spacial score (nSPS) is 10.5. The summed E-state index contributed by atoms with van der Waals surface area (Å²) in [6.07, 6.45) is 0.881. The fourth-order valence-electron chi connectivity index (χ4n) is 1.58. The molecule has 9 heteroatoms. The zero-order valence-corrected chi connectivity index (χ0v) is 11.3. The lowest BCUT2D eigenvalue weighted by atomic mass is 10.2. The lowest BCUT2D eigenvalue weighted by Gasteiger charge is -2.07. The number of rotatable bonds is 3. The molecule has 0 saturated heterocycles. The average Bonchev–Trinajstić information content (AvgIpc) is 2.35. The van der Waals surface area contributed by atoms with Gasteiger partial charge in [0.15, 0.2) is 0 Å². The average molecular weight is 316 g/mol. The van der Waals surface area contributed by atoms with E-state index in [1.807, 2.05) is 4.98 Å². The smallest absolute Gasteiger partial charge is 0.289 e. The van der Waals surface area contributed by atoms with Crippen molar-refractivity contribution in [2.45, 2.75) is 6.54 Å². The van der Waals surface area contributed by atoms with Crippen LogP contribution < -0.4 is 11.2 Å². The molecule has 0 spiro atoms. The summed E-state index contributed by atoms with van der Waals surface area (Å²) in [6, 6.07) is 4.66. The topological polar surface area (TPSA) is 98.0 Å². The molecule has 1 aromatic heterocycles. The predicted octanol–water partition coefficient (Wildman–Crippen LogP) is 1.80. The third-order valence-electron chi connectivity index (χ3n) is 2.54. The van der Waals surface area contributed by atoms with Gasteiger partial charge in [-0.05, 0) is 17.7 Å². The first-order valence-electron chi connectivity index (χ1n) is 5.30. The number of benzene rings is 1. The zero-order valence-electron chi connectivity index (χ0n) is 9.80. The standard InChI is InChI=1S/C11H7Cl2N3O4/c12-7-2-1-6(8(13)3-7)4-15-5-9(16(19)20)10(17)14-11(15)18/h1-3,5H,4H2,(H,14,17,18). The molecular weight excluding hydrogens is 309 g/mol. The summed E-state index contributed by atoms with van der Waals surface area (Å²) in [5, 5.41) is 11.4. The van der Waals surface area contributed by atoms with Gasteiger partial charge in [-0.2, -0.15) is 0 Å². The molecule has 0 aliphatic heterocycles. The fraction of sp³-hybridized carbons (Fsp3) is 0.0909. The van der Waals surface area contributed by atoms with Gasteiger partial charge in [0, 0.05) is 10.0 Å². The minimum Gasteiger partial charge on any atom is -0.289 e. The fourth-order valence-corrected chi connectivity index (χ4v) is 2.05. The summed E-state index contributed by atoms with van der Waals surface area (Å²) in [7, 11) is 0. The van der Waals surface area contributed by atoms with Crippen LogP contribution in [0.4, 0.5) is 5.69 Å². The first-order valence-corrected chi connectivity index (χ1v) is 6.06. The number of nitro groups is 1. The van der Waals surface area contributed by atoms with Gasteiger partial charge < -0.3 is 0 Å². The number of halogens is 2. The van der Waals surface area contributed by atoms with Crippen LogP contribution in [0.25, 0.3) is 0 Å². The first kappa shape index (κ1) is 14.3. The van der Waals surface area contributed by atoms with Gasteiger partial charge >= 0.3 is 16.9 Å². The number of hydrogen-bond acceptors (Lipinski definition) is 4. The van der Waals surface area contributed by atoms with E-state index in [-0.39, 0.29) is 6.54 Å². The van der Waals surface area contributed by atoms with Crippen molar-refractivity contribution < 1.29 is 4.92 Å². The molecule has 0 atom stereocenters. The number of H-pyrrole nitrogens is 1. The molecule has 0 amide bonds. The second kappa shape index (κ2) is 5.48. The van der Waals surface area contributed by atoms with Crippen molar-refractivity contribution in [2.24, 2.45) is 0 Å². The molecule has 20 heavy (non-hydrogen) atoms. The van der Waals surface area contributed by atoms with Crippen molar-refractivity contribution in [1.29, 1.82) is 0 Å². The van der Waals surface area contributed by atoms with Gasteiger partial charge in [0.25, 0.3) is 0 Å². The van der Waals surface area contributed by atoms with E-state index in [4.69, 9.17) is 23.2 Å². The Balaban J connectivity index is 2.48. The molecular formula is C11H7Cl2N3O4. The maximum Gasteiger partial charge on any atom is 0.350 e. The van der Waals surface area contributed by atoms with Gasteiger partial charge in [0.2, 0.25) is 0 Å². The van der Waals surface area contributed by atoms with E-state index >= 15 is 0 Å². The number of aromatic amines is 1. The lowest BCUT2D eigenvalue weighted by molar-refractivity contribution is -0.386. The Morgan fingerprint density at radius 2 is 2.00 bits per heavy atom. The van der Waals surface area contributed by atoms with Crippen LogP contribution >= 0.6 is 23.2 Å². The third-order valence-corrected chi connectivity index (χ3v) is 3.13. The number of aromatic nitrogens is 2. The molecule has 1 N–H and O–H groups in total. The summed E-state index contributed by atoms with van der Waals surface area (Å²) in [5.41, 5.74) is -1.97. The van der Waals surface area contributed by atoms with E-state index in [0.717, 1.165) is 10.8 Å². The highest BCUT2D eigenvalue weighted by atomic mass is 35.5. The van der Waals surface area contributed by atoms with E-state index < -0.39 is 21.9 Å². The monoisotopic (exact) mass is 315 g/mol. The molecule has 7 nitrogen and oxygen atoms in total. The van der Waals surface area contributed by atoms with Crippen molar-refractivity contribution in [1.82, 2.24) is 9.55 Å². The number of nitrogens with one attached hydrogen (secondary N) is 1. The van der Waals surface area contributed by atoms with E-state index in [0.29, 0.717) is 15.6 Å². The van der Waals surface area contributed by atoms with E-state index in [9.17, 15) is 19.7 Å². The minimum atomic E-state index is -1.04. The second-order valence-corrected chi connectivity index (χ2v) is 4.74. The van der Waals surface area contributed by atoms with Crippen LogP contribution in [-0.2, 0) is 6.54 Å². The number of hydrogen-bond donors (Lipinski definition) is 1. The summed E-state index contributed by atoms with van der Waals surface area (Å²) in [5.74, 6) is 0. The van der Waals surface area contributed by atoms with Crippen molar-refractivity contribution >= 4 is 28.9 Å². The van der Waals surface area contributed by atoms with Gasteiger partial charge in [-0.1, -0.05) is 29.3 Å². The van der Waals surface area contributed by atoms with Crippen LogP contribution in [0.3, 0.4) is 0 Å². The van der Waals surface area contributed by atoms with Crippen molar-refractivity contribution in [2.75, 3.05) is 0 Å². The Bertz CT molecular complexity index is 797. The molecule has 0 bridgehead atoms. The van der Waals surface area contributed by atoms with Crippen LogP contribution in [0.5, 0.6) is 0 Å².